The van der Waals surface area contributed by atoms with E-state index in [1.54, 1.807) is 24.4 Å². The molecule has 0 bridgehead atoms. The summed E-state index contributed by atoms with van der Waals surface area (Å²) in [4.78, 5) is 27.4. The second kappa shape index (κ2) is 8.67. The van der Waals surface area contributed by atoms with Crippen molar-refractivity contribution >= 4 is 17.7 Å². The Kier molecular flexibility index (Phi) is 6.26. The molecule has 0 aliphatic carbocycles. The Bertz CT molecular complexity index is 897. The lowest BCUT2D eigenvalue weighted by molar-refractivity contribution is 0.0626. The molecule has 1 atom stereocenters. The Labute approximate surface area is 168 Å². The van der Waals surface area contributed by atoms with Gasteiger partial charge in [0.1, 0.15) is 0 Å². The fraction of sp³-hybridized carbons (Fsp3) is 0.400. The first-order chi connectivity index (χ1) is 13.4. The molecule has 1 aromatic heterocycles. The maximum Gasteiger partial charge on any atom is 0.407 e. The summed E-state index contributed by atoms with van der Waals surface area (Å²) in [7, 11) is 0. The molecule has 2 heterocycles. The van der Waals surface area contributed by atoms with Crippen LogP contribution in [0.3, 0.4) is 0 Å². The third kappa shape index (κ3) is 4.48. The van der Waals surface area contributed by atoms with Crippen molar-refractivity contribution in [1.82, 2.24) is 14.4 Å². The number of hydrogen-bond donors (Lipinski definition) is 2. The maximum absolute atomic E-state index is 12.5. The number of aromatic nitrogens is 1. The molecule has 0 saturated carbocycles. The van der Waals surface area contributed by atoms with E-state index in [9.17, 15) is 19.8 Å². The molecule has 1 aliphatic heterocycles. The van der Waals surface area contributed by atoms with Crippen molar-refractivity contribution in [2.75, 3.05) is 19.6 Å². The minimum absolute atomic E-state index is 0.0846. The number of halogens is 1. The molecule has 2 N–H and O–H groups in total. The molecule has 1 aromatic carbocycles. The van der Waals surface area contributed by atoms with Crippen LogP contribution in [0.5, 0.6) is 5.75 Å². The van der Waals surface area contributed by atoms with E-state index in [2.05, 4.69) is 4.90 Å². The SMILES string of the molecule is CCC1CN(Cc2ccn(Cc3ccc(Cl)cc3)c(=O)c2O)CCN1C(=O)O. The standard InChI is InChI=1S/C20H24ClN3O4/c1-2-17-13-22(9-10-24(17)20(27)28)12-15-7-8-23(19(26)18(15)25)11-14-3-5-16(21)6-4-14/h3-8,17,25H,2,9-13H2,1H3,(H,27,28). The number of amides is 1. The number of aromatic hydroxyl groups is 1. The highest BCUT2D eigenvalue weighted by Crippen LogP contribution is 2.19. The van der Waals surface area contributed by atoms with Gasteiger partial charge < -0.3 is 19.7 Å². The quantitative estimate of drug-likeness (QED) is 0.798. The van der Waals surface area contributed by atoms with Crippen molar-refractivity contribution in [2.24, 2.45) is 0 Å². The number of benzene rings is 1. The number of carboxylic acid groups (broad SMARTS) is 1. The van der Waals surface area contributed by atoms with Crippen LogP contribution < -0.4 is 5.56 Å². The Balaban J connectivity index is 1.72. The van der Waals surface area contributed by atoms with Crippen molar-refractivity contribution in [3.8, 4) is 5.75 Å². The Hall–Kier alpha value is -2.51. The number of pyridine rings is 1. The highest BCUT2D eigenvalue weighted by atomic mass is 35.5. The first kappa shape index (κ1) is 20.2. The Morgan fingerprint density at radius 1 is 1.18 bits per heavy atom. The molecular weight excluding hydrogens is 382 g/mol. The van der Waals surface area contributed by atoms with E-state index in [0.717, 1.165) is 12.0 Å². The zero-order valence-corrected chi connectivity index (χ0v) is 16.5. The molecule has 8 heteroatoms. The molecule has 3 rings (SSSR count). The van der Waals surface area contributed by atoms with E-state index in [1.807, 2.05) is 19.1 Å². The number of piperazine rings is 1. The van der Waals surface area contributed by atoms with Crippen LogP contribution in [0.2, 0.25) is 5.02 Å². The first-order valence-corrected chi connectivity index (χ1v) is 9.64. The summed E-state index contributed by atoms with van der Waals surface area (Å²) in [5.74, 6) is -0.259. The van der Waals surface area contributed by atoms with Gasteiger partial charge >= 0.3 is 6.09 Å². The van der Waals surface area contributed by atoms with Gasteiger partial charge in [-0.3, -0.25) is 9.69 Å². The fourth-order valence-electron chi connectivity index (χ4n) is 3.54. The summed E-state index contributed by atoms with van der Waals surface area (Å²) in [5, 5.41) is 20.3. The molecule has 2 aromatic rings. The lowest BCUT2D eigenvalue weighted by Gasteiger charge is -2.39. The topological polar surface area (TPSA) is 86.0 Å². The largest absolute Gasteiger partial charge is 0.503 e. The van der Waals surface area contributed by atoms with Gasteiger partial charge in [-0.2, -0.15) is 0 Å². The van der Waals surface area contributed by atoms with Gasteiger partial charge in [-0.05, 0) is 30.2 Å². The highest BCUT2D eigenvalue weighted by Gasteiger charge is 2.29. The van der Waals surface area contributed by atoms with Gasteiger partial charge in [0.2, 0.25) is 0 Å². The molecule has 1 saturated heterocycles. The summed E-state index contributed by atoms with van der Waals surface area (Å²) in [6, 6.07) is 8.86. The Morgan fingerprint density at radius 3 is 2.54 bits per heavy atom. The van der Waals surface area contributed by atoms with Crippen molar-refractivity contribution in [3.05, 3.63) is 63.0 Å². The number of carbonyl (C=O) groups is 1. The second-order valence-corrected chi connectivity index (χ2v) is 7.46. The van der Waals surface area contributed by atoms with E-state index >= 15 is 0 Å². The van der Waals surface area contributed by atoms with Crippen molar-refractivity contribution in [2.45, 2.75) is 32.5 Å². The van der Waals surface area contributed by atoms with Crippen molar-refractivity contribution in [1.29, 1.82) is 0 Å². The molecule has 0 radical (unpaired) electrons. The van der Waals surface area contributed by atoms with Gasteiger partial charge in [0.15, 0.2) is 5.75 Å². The van der Waals surface area contributed by atoms with Crippen LogP contribution in [0, 0.1) is 0 Å². The van der Waals surface area contributed by atoms with Crippen molar-refractivity contribution in [3.63, 3.8) is 0 Å². The summed E-state index contributed by atoms with van der Waals surface area (Å²) >= 11 is 5.88. The highest BCUT2D eigenvalue weighted by molar-refractivity contribution is 6.30. The third-order valence-electron chi connectivity index (χ3n) is 5.17. The molecule has 1 amide bonds. The molecule has 1 unspecified atom stereocenters. The van der Waals surface area contributed by atoms with Gasteiger partial charge in [0, 0.05) is 49.0 Å². The van der Waals surface area contributed by atoms with Gasteiger partial charge in [-0.15, -0.1) is 0 Å². The van der Waals surface area contributed by atoms with Crippen LogP contribution in [0.4, 0.5) is 4.79 Å². The summed E-state index contributed by atoms with van der Waals surface area (Å²) in [6.07, 6.45) is 1.49. The molecule has 28 heavy (non-hydrogen) atoms. The lowest BCUT2D eigenvalue weighted by Crippen LogP contribution is -2.54. The predicted octanol–water partition coefficient (Wildman–Crippen LogP) is 2.83. The zero-order chi connectivity index (χ0) is 20.3. The van der Waals surface area contributed by atoms with Crippen LogP contribution in [0.15, 0.2) is 41.3 Å². The van der Waals surface area contributed by atoms with Gasteiger partial charge in [-0.1, -0.05) is 30.7 Å². The molecule has 0 spiro atoms. The Morgan fingerprint density at radius 2 is 1.89 bits per heavy atom. The molecule has 7 nitrogen and oxygen atoms in total. The van der Waals surface area contributed by atoms with Gasteiger partial charge in [0.25, 0.3) is 5.56 Å². The van der Waals surface area contributed by atoms with Gasteiger partial charge in [0.05, 0.1) is 6.54 Å². The van der Waals surface area contributed by atoms with Crippen LogP contribution in [0.1, 0.15) is 24.5 Å². The minimum Gasteiger partial charge on any atom is -0.503 e. The smallest absolute Gasteiger partial charge is 0.407 e. The fourth-order valence-corrected chi connectivity index (χ4v) is 3.67. The van der Waals surface area contributed by atoms with E-state index < -0.39 is 11.7 Å². The minimum atomic E-state index is -0.904. The van der Waals surface area contributed by atoms with Crippen LogP contribution in [-0.2, 0) is 13.1 Å². The predicted molar refractivity (Wildman–Crippen MR) is 107 cm³/mol. The summed E-state index contributed by atoms with van der Waals surface area (Å²) < 4.78 is 1.46. The van der Waals surface area contributed by atoms with E-state index in [4.69, 9.17) is 11.6 Å². The molecule has 1 fully saturated rings. The number of hydrogen-bond acceptors (Lipinski definition) is 4. The third-order valence-corrected chi connectivity index (χ3v) is 5.42. The number of rotatable bonds is 5. The average molecular weight is 406 g/mol. The molecular formula is C20H24ClN3O4. The monoisotopic (exact) mass is 405 g/mol. The van der Waals surface area contributed by atoms with Crippen LogP contribution in [-0.4, -0.2) is 56.3 Å². The van der Waals surface area contributed by atoms with Crippen LogP contribution >= 0.6 is 11.6 Å². The van der Waals surface area contributed by atoms with Crippen LogP contribution in [0.25, 0.3) is 0 Å². The maximum atomic E-state index is 12.5. The molecule has 1 aliphatic rings. The van der Waals surface area contributed by atoms with E-state index in [1.165, 1.54) is 9.47 Å². The van der Waals surface area contributed by atoms with E-state index in [0.29, 0.717) is 43.3 Å². The number of nitrogens with zero attached hydrogens (tertiary/aromatic N) is 3. The zero-order valence-electron chi connectivity index (χ0n) is 15.7. The first-order valence-electron chi connectivity index (χ1n) is 9.26. The summed E-state index contributed by atoms with van der Waals surface area (Å²) in [5.41, 5.74) is 1.02. The van der Waals surface area contributed by atoms with Gasteiger partial charge in [-0.25, -0.2) is 4.79 Å². The average Bonchev–Trinajstić information content (AvgIpc) is 2.69. The normalized spacial score (nSPS) is 17.6. The second-order valence-electron chi connectivity index (χ2n) is 7.02. The molecule has 150 valence electrons. The summed E-state index contributed by atoms with van der Waals surface area (Å²) in [6.45, 7) is 4.28. The lowest BCUT2D eigenvalue weighted by atomic mass is 10.1. The van der Waals surface area contributed by atoms with Crippen molar-refractivity contribution < 1.29 is 15.0 Å². The van der Waals surface area contributed by atoms with E-state index in [-0.39, 0.29) is 11.8 Å².